The van der Waals surface area contributed by atoms with Crippen LogP contribution in [-0.2, 0) is 0 Å². The molecule has 5 heteroatoms. The summed E-state index contributed by atoms with van der Waals surface area (Å²) in [5, 5.41) is 18.8. The molecule has 4 N–H and O–H groups in total. The Kier molecular flexibility index (Phi) is 1.82. The molecule has 1 aromatic heterocycles. The average Bonchev–Trinajstić information content (AvgIpc) is 2.43. The molecule has 2 rings (SSSR count). The van der Waals surface area contributed by atoms with Crippen molar-refractivity contribution >= 4 is 33.1 Å². The van der Waals surface area contributed by atoms with Crippen molar-refractivity contribution in [2.24, 2.45) is 0 Å². The molecule has 0 aliphatic carbocycles. The number of aromatic carboxylic acids is 1. The zero-order chi connectivity index (χ0) is 10.3. The van der Waals surface area contributed by atoms with Gasteiger partial charge in [-0.05, 0) is 18.2 Å². The zero-order valence-electron chi connectivity index (χ0n) is 7.02. The lowest BCUT2D eigenvalue weighted by atomic mass is 10.2. The smallest absolute Gasteiger partial charge is 0.349 e. The van der Waals surface area contributed by atoms with E-state index in [9.17, 15) is 9.90 Å². The van der Waals surface area contributed by atoms with E-state index in [4.69, 9.17) is 10.8 Å². The molecule has 0 aliphatic rings. The minimum atomic E-state index is -1.12. The summed E-state index contributed by atoms with van der Waals surface area (Å²) in [5.74, 6) is -1.31. The van der Waals surface area contributed by atoms with E-state index in [0.29, 0.717) is 15.8 Å². The first-order valence-corrected chi connectivity index (χ1v) is 4.65. The Morgan fingerprint density at radius 2 is 2.14 bits per heavy atom. The van der Waals surface area contributed by atoms with Crippen LogP contribution >= 0.6 is 11.3 Å². The van der Waals surface area contributed by atoms with Crippen molar-refractivity contribution in [3.8, 4) is 5.75 Å². The van der Waals surface area contributed by atoms with Gasteiger partial charge in [0, 0.05) is 15.8 Å². The molecule has 2 aromatic rings. The van der Waals surface area contributed by atoms with Gasteiger partial charge in [0.2, 0.25) is 0 Å². The van der Waals surface area contributed by atoms with E-state index in [1.54, 1.807) is 18.2 Å². The number of fused-ring (bicyclic) bond motifs is 1. The number of nitrogen functional groups attached to an aromatic ring is 1. The number of nitrogens with two attached hydrogens (primary N) is 1. The van der Waals surface area contributed by atoms with Crippen molar-refractivity contribution in [3.63, 3.8) is 0 Å². The molecule has 72 valence electrons. The van der Waals surface area contributed by atoms with Gasteiger partial charge in [0.25, 0.3) is 0 Å². The molecule has 0 spiro atoms. The van der Waals surface area contributed by atoms with Gasteiger partial charge in [0.05, 0.1) is 0 Å². The number of carboxylic acid groups (broad SMARTS) is 1. The van der Waals surface area contributed by atoms with Crippen molar-refractivity contribution in [1.29, 1.82) is 0 Å². The standard InChI is InChI=1S/C9H7NO3S/c10-4-1-2-5-6(3-4)14-8(7(5)11)9(12)13/h1-3,11H,10H2,(H,12,13). The van der Waals surface area contributed by atoms with Crippen LogP contribution in [-0.4, -0.2) is 16.2 Å². The maximum absolute atomic E-state index is 10.7. The fourth-order valence-corrected chi connectivity index (χ4v) is 2.23. The Hall–Kier alpha value is -1.75. The van der Waals surface area contributed by atoms with Crippen LogP contribution in [0.2, 0.25) is 0 Å². The topological polar surface area (TPSA) is 83.5 Å². The Labute approximate surface area is 83.2 Å². The summed E-state index contributed by atoms with van der Waals surface area (Å²) in [6, 6.07) is 4.88. The molecule has 0 aliphatic heterocycles. The molecule has 0 saturated carbocycles. The highest BCUT2D eigenvalue weighted by atomic mass is 32.1. The predicted octanol–water partition coefficient (Wildman–Crippen LogP) is 1.89. The second-order valence-corrected chi connectivity index (χ2v) is 3.89. The molecule has 0 atom stereocenters. The molecular formula is C9H7NO3S. The van der Waals surface area contributed by atoms with Crippen LogP contribution in [0.4, 0.5) is 5.69 Å². The van der Waals surface area contributed by atoms with Crippen LogP contribution in [0.3, 0.4) is 0 Å². The van der Waals surface area contributed by atoms with Crippen molar-refractivity contribution < 1.29 is 15.0 Å². The van der Waals surface area contributed by atoms with E-state index in [-0.39, 0.29) is 10.6 Å². The number of rotatable bonds is 1. The molecule has 0 radical (unpaired) electrons. The van der Waals surface area contributed by atoms with Crippen LogP contribution < -0.4 is 5.73 Å². The first kappa shape index (κ1) is 8.83. The number of thiophene rings is 1. The van der Waals surface area contributed by atoms with Crippen LogP contribution in [0, 0.1) is 0 Å². The van der Waals surface area contributed by atoms with Gasteiger partial charge in [-0.3, -0.25) is 0 Å². The van der Waals surface area contributed by atoms with Crippen LogP contribution in [0.1, 0.15) is 9.67 Å². The maximum atomic E-state index is 10.7. The Balaban J connectivity index is 2.79. The van der Waals surface area contributed by atoms with Crippen molar-refractivity contribution in [1.82, 2.24) is 0 Å². The van der Waals surface area contributed by atoms with Crippen molar-refractivity contribution in [2.75, 3.05) is 5.73 Å². The summed E-state index contributed by atoms with van der Waals surface area (Å²) in [7, 11) is 0. The van der Waals surface area contributed by atoms with Gasteiger partial charge in [-0.25, -0.2) is 4.79 Å². The second-order valence-electron chi connectivity index (χ2n) is 2.84. The first-order chi connectivity index (χ1) is 6.59. The van der Waals surface area contributed by atoms with E-state index >= 15 is 0 Å². The van der Waals surface area contributed by atoms with Gasteiger partial charge >= 0.3 is 5.97 Å². The zero-order valence-corrected chi connectivity index (χ0v) is 7.84. The van der Waals surface area contributed by atoms with Crippen LogP contribution in [0.25, 0.3) is 10.1 Å². The molecule has 0 fully saturated rings. The third-order valence-electron chi connectivity index (χ3n) is 1.88. The number of hydrogen-bond acceptors (Lipinski definition) is 4. The maximum Gasteiger partial charge on any atom is 0.349 e. The number of hydrogen-bond donors (Lipinski definition) is 3. The Morgan fingerprint density at radius 3 is 2.79 bits per heavy atom. The van der Waals surface area contributed by atoms with Crippen LogP contribution in [0.15, 0.2) is 18.2 Å². The minimum Gasteiger partial charge on any atom is -0.505 e. The molecular weight excluding hydrogens is 202 g/mol. The van der Waals surface area contributed by atoms with Gasteiger partial charge in [0.15, 0.2) is 4.88 Å². The number of carbonyl (C=O) groups is 1. The molecule has 0 unspecified atom stereocenters. The highest BCUT2D eigenvalue weighted by Gasteiger charge is 2.16. The van der Waals surface area contributed by atoms with Crippen LogP contribution in [0.5, 0.6) is 5.75 Å². The number of aromatic hydroxyl groups is 1. The summed E-state index contributed by atoms with van der Waals surface area (Å²) >= 11 is 1.02. The summed E-state index contributed by atoms with van der Waals surface area (Å²) in [6.45, 7) is 0. The van der Waals surface area contributed by atoms with Gasteiger partial charge < -0.3 is 15.9 Å². The lowest BCUT2D eigenvalue weighted by Crippen LogP contribution is -1.90. The number of carboxylic acids is 1. The Morgan fingerprint density at radius 1 is 1.43 bits per heavy atom. The van der Waals surface area contributed by atoms with E-state index < -0.39 is 5.97 Å². The SMILES string of the molecule is Nc1ccc2c(O)c(C(=O)O)sc2c1. The quantitative estimate of drug-likeness (QED) is 0.626. The molecule has 4 nitrogen and oxygen atoms in total. The van der Waals surface area contributed by atoms with Gasteiger partial charge in [-0.15, -0.1) is 11.3 Å². The van der Waals surface area contributed by atoms with E-state index in [0.717, 1.165) is 11.3 Å². The average molecular weight is 209 g/mol. The molecule has 1 heterocycles. The number of anilines is 1. The highest BCUT2D eigenvalue weighted by molar-refractivity contribution is 7.21. The van der Waals surface area contributed by atoms with Gasteiger partial charge in [0.1, 0.15) is 5.75 Å². The largest absolute Gasteiger partial charge is 0.505 e. The summed E-state index contributed by atoms with van der Waals surface area (Å²) in [5.41, 5.74) is 6.09. The van der Waals surface area contributed by atoms with Crippen molar-refractivity contribution in [3.05, 3.63) is 23.1 Å². The van der Waals surface area contributed by atoms with Gasteiger partial charge in [-0.1, -0.05) is 0 Å². The molecule has 0 amide bonds. The highest BCUT2D eigenvalue weighted by Crippen LogP contribution is 2.37. The van der Waals surface area contributed by atoms with Gasteiger partial charge in [-0.2, -0.15) is 0 Å². The summed E-state index contributed by atoms with van der Waals surface area (Å²) in [4.78, 5) is 10.6. The van der Waals surface area contributed by atoms with Crippen molar-refractivity contribution in [2.45, 2.75) is 0 Å². The first-order valence-electron chi connectivity index (χ1n) is 3.84. The molecule has 0 saturated heterocycles. The monoisotopic (exact) mass is 209 g/mol. The summed E-state index contributed by atoms with van der Waals surface area (Å²) < 4.78 is 0.680. The number of benzene rings is 1. The third-order valence-corrected chi connectivity index (χ3v) is 3.01. The Bertz CT molecular complexity index is 518. The molecule has 1 aromatic carbocycles. The fraction of sp³-hybridized carbons (Fsp3) is 0. The van der Waals surface area contributed by atoms with E-state index in [1.165, 1.54) is 0 Å². The molecule has 14 heavy (non-hydrogen) atoms. The second kappa shape index (κ2) is 2.88. The molecule has 0 bridgehead atoms. The predicted molar refractivity (Wildman–Crippen MR) is 54.9 cm³/mol. The fourth-order valence-electron chi connectivity index (χ4n) is 1.24. The lowest BCUT2D eigenvalue weighted by Gasteiger charge is -1.92. The minimum absolute atomic E-state index is 0.0504. The van der Waals surface area contributed by atoms with E-state index in [2.05, 4.69) is 0 Å². The van der Waals surface area contributed by atoms with E-state index in [1.807, 2.05) is 0 Å². The normalized spacial score (nSPS) is 10.6. The summed E-state index contributed by atoms with van der Waals surface area (Å²) in [6.07, 6.45) is 0. The lowest BCUT2D eigenvalue weighted by molar-refractivity contribution is 0.0699. The third kappa shape index (κ3) is 1.18.